The van der Waals surface area contributed by atoms with Gasteiger partial charge in [0.2, 0.25) is 5.91 Å². The van der Waals surface area contributed by atoms with E-state index in [0.717, 1.165) is 0 Å². The van der Waals surface area contributed by atoms with Crippen molar-refractivity contribution in [3.05, 3.63) is 88.9 Å². The van der Waals surface area contributed by atoms with E-state index in [-0.39, 0.29) is 24.8 Å². The number of benzene rings is 3. The first-order valence-corrected chi connectivity index (χ1v) is 9.97. The highest BCUT2D eigenvalue weighted by molar-refractivity contribution is 6.04. The van der Waals surface area contributed by atoms with Crippen molar-refractivity contribution in [2.75, 3.05) is 17.7 Å². The van der Waals surface area contributed by atoms with Gasteiger partial charge in [0.1, 0.15) is 5.75 Å². The fraction of sp³-hybridized carbons (Fsp3) is 0.125. The number of carbonyl (C=O) groups is 2. The molecule has 1 aromatic heterocycles. The number of ether oxygens (including phenoxy) is 1. The van der Waals surface area contributed by atoms with Crippen LogP contribution in [0.2, 0.25) is 0 Å². The lowest BCUT2D eigenvalue weighted by Crippen LogP contribution is -2.20. The van der Waals surface area contributed by atoms with Gasteiger partial charge in [-0.15, -0.1) is 0 Å². The maximum atomic E-state index is 12.4. The summed E-state index contributed by atoms with van der Waals surface area (Å²) >= 11 is 0. The Hall–Kier alpha value is -4.33. The number of anilines is 2. The standard InChI is InChI=1S/C24H21N3O5/c1-31-19-12-10-18(11-13-19)26-23(29)16-6-8-17(9-7-16)25-22(28)14-15-27-20-4-2-3-5-21(20)32-24(27)30/h2-13H,14-15H2,1H3,(H,25,28)(H,26,29). The molecule has 4 aromatic rings. The second-order valence-corrected chi connectivity index (χ2v) is 7.05. The largest absolute Gasteiger partial charge is 0.497 e. The van der Waals surface area contributed by atoms with Crippen LogP contribution in [-0.2, 0) is 11.3 Å². The van der Waals surface area contributed by atoms with Gasteiger partial charge in [0, 0.05) is 29.9 Å². The lowest BCUT2D eigenvalue weighted by atomic mass is 10.2. The van der Waals surface area contributed by atoms with Gasteiger partial charge in [-0.25, -0.2) is 4.79 Å². The predicted molar refractivity (Wildman–Crippen MR) is 121 cm³/mol. The van der Waals surface area contributed by atoms with Gasteiger partial charge in [-0.3, -0.25) is 14.2 Å². The number of nitrogens with one attached hydrogen (secondary N) is 2. The molecule has 0 unspecified atom stereocenters. The molecule has 0 atom stereocenters. The third kappa shape index (κ3) is 4.70. The van der Waals surface area contributed by atoms with Crippen LogP contribution in [0.3, 0.4) is 0 Å². The summed E-state index contributed by atoms with van der Waals surface area (Å²) in [6.07, 6.45) is 0.100. The zero-order valence-electron chi connectivity index (χ0n) is 17.3. The number of aromatic nitrogens is 1. The summed E-state index contributed by atoms with van der Waals surface area (Å²) in [5.74, 6) is -0.308. The quantitative estimate of drug-likeness (QED) is 0.462. The van der Waals surface area contributed by atoms with E-state index in [2.05, 4.69) is 10.6 Å². The van der Waals surface area contributed by atoms with E-state index < -0.39 is 5.76 Å². The van der Waals surface area contributed by atoms with Gasteiger partial charge >= 0.3 is 5.76 Å². The molecule has 0 aliphatic rings. The Morgan fingerprint density at radius 2 is 1.56 bits per heavy atom. The van der Waals surface area contributed by atoms with Gasteiger partial charge in [-0.2, -0.15) is 0 Å². The summed E-state index contributed by atoms with van der Waals surface area (Å²) in [4.78, 5) is 36.7. The number of amides is 2. The zero-order valence-corrected chi connectivity index (χ0v) is 17.3. The summed E-state index contributed by atoms with van der Waals surface area (Å²) in [6.45, 7) is 0.198. The van der Waals surface area contributed by atoms with E-state index in [0.29, 0.717) is 33.8 Å². The minimum Gasteiger partial charge on any atom is -0.497 e. The average molecular weight is 431 g/mol. The smallest absolute Gasteiger partial charge is 0.419 e. The maximum Gasteiger partial charge on any atom is 0.419 e. The number of aryl methyl sites for hydroxylation is 1. The number of fused-ring (bicyclic) bond motifs is 1. The first kappa shape index (κ1) is 20.9. The molecule has 0 bridgehead atoms. The molecule has 8 heteroatoms. The highest BCUT2D eigenvalue weighted by Gasteiger charge is 2.11. The predicted octanol–water partition coefficient (Wildman–Crippen LogP) is 3.88. The van der Waals surface area contributed by atoms with Gasteiger partial charge in [-0.05, 0) is 60.7 Å². The topological polar surface area (TPSA) is 103 Å². The van der Waals surface area contributed by atoms with E-state index in [4.69, 9.17) is 9.15 Å². The van der Waals surface area contributed by atoms with E-state index in [1.165, 1.54) is 4.57 Å². The Balaban J connectivity index is 1.33. The SMILES string of the molecule is COc1ccc(NC(=O)c2ccc(NC(=O)CCn3c(=O)oc4ccccc43)cc2)cc1. The van der Waals surface area contributed by atoms with E-state index in [1.54, 1.807) is 79.9 Å². The second-order valence-electron chi connectivity index (χ2n) is 7.05. The molecular weight excluding hydrogens is 410 g/mol. The molecule has 4 rings (SSSR count). The lowest BCUT2D eigenvalue weighted by molar-refractivity contribution is -0.116. The number of rotatable bonds is 7. The van der Waals surface area contributed by atoms with Gasteiger partial charge in [0.05, 0.1) is 12.6 Å². The van der Waals surface area contributed by atoms with Crippen LogP contribution >= 0.6 is 0 Å². The lowest BCUT2D eigenvalue weighted by Gasteiger charge is -2.08. The van der Waals surface area contributed by atoms with Crippen LogP contribution in [0.15, 0.2) is 82.0 Å². The minimum atomic E-state index is -0.494. The summed E-state index contributed by atoms with van der Waals surface area (Å²) in [5, 5.41) is 5.57. The van der Waals surface area contributed by atoms with Crippen molar-refractivity contribution in [3.63, 3.8) is 0 Å². The first-order chi connectivity index (χ1) is 15.5. The van der Waals surface area contributed by atoms with Crippen molar-refractivity contribution in [1.82, 2.24) is 4.57 Å². The molecule has 0 fully saturated rings. The molecule has 0 saturated carbocycles. The number of oxazole rings is 1. The van der Waals surface area contributed by atoms with Crippen molar-refractivity contribution in [2.45, 2.75) is 13.0 Å². The number of carbonyl (C=O) groups excluding carboxylic acids is 2. The van der Waals surface area contributed by atoms with Crippen LogP contribution in [0, 0.1) is 0 Å². The summed E-state index contributed by atoms with van der Waals surface area (Å²) in [7, 11) is 1.58. The molecule has 0 radical (unpaired) electrons. The third-order valence-corrected chi connectivity index (χ3v) is 4.91. The second kappa shape index (κ2) is 9.22. The Bertz CT molecular complexity index is 1300. The summed E-state index contributed by atoms with van der Waals surface area (Å²) in [5.41, 5.74) is 2.80. The van der Waals surface area contributed by atoms with E-state index in [9.17, 15) is 14.4 Å². The number of hydrogen-bond donors (Lipinski definition) is 2. The zero-order chi connectivity index (χ0) is 22.5. The molecule has 0 aliphatic carbocycles. The molecule has 2 N–H and O–H groups in total. The van der Waals surface area contributed by atoms with Crippen LogP contribution < -0.4 is 21.1 Å². The molecule has 1 heterocycles. The average Bonchev–Trinajstić information content (AvgIpc) is 3.13. The Morgan fingerprint density at radius 3 is 2.28 bits per heavy atom. The van der Waals surface area contributed by atoms with Crippen LogP contribution in [0.25, 0.3) is 11.1 Å². The van der Waals surface area contributed by atoms with Crippen molar-refractivity contribution in [3.8, 4) is 5.75 Å². The highest BCUT2D eigenvalue weighted by Crippen LogP contribution is 2.17. The molecular formula is C24H21N3O5. The monoisotopic (exact) mass is 431 g/mol. The molecule has 8 nitrogen and oxygen atoms in total. The minimum absolute atomic E-state index is 0.100. The van der Waals surface area contributed by atoms with Crippen LogP contribution in [-0.4, -0.2) is 23.5 Å². The molecule has 2 amide bonds. The van der Waals surface area contributed by atoms with Crippen molar-refractivity contribution in [2.24, 2.45) is 0 Å². The number of hydrogen-bond acceptors (Lipinski definition) is 5. The molecule has 3 aromatic carbocycles. The fourth-order valence-corrected chi connectivity index (χ4v) is 3.25. The molecule has 0 saturated heterocycles. The number of methoxy groups -OCH3 is 1. The Morgan fingerprint density at radius 1 is 0.906 bits per heavy atom. The number of para-hydroxylation sites is 2. The van der Waals surface area contributed by atoms with Crippen LogP contribution in [0.5, 0.6) is 5.75 Å². The normalized spacial score (nSPS) is 10.7. The third-order valence-electron chi connectivity index (χ3n) is 4.91. The molecule has 162 valence electrons. The highest BCUT2D eigenvalue weighted by atomic mass is 16.5. The van der Waals surface area contributed by atoms with E-state index in [1.807, 2.05) is 0 Å². The molecule has 0 spiro atoms. The Labute approximate surface area is 183 Å². The van der Waals surface area contributed by atoms with Crippen molar-refractivity contribution in [1.29, 1.82) is 0 Å². The summed E-state index contributed by atoms with van der Waals surface area (Å²) in [6, 6.07) is 20.6. The fourth-order valence-electron chi connectivity index (χ4n) is 3.25. The number of nitrogens with zero attached hydrogens (tertiary/aromatic N) is 1. The van der Waals surface area contributed by atoms with Gasteiger partial charge < -0.3 is 19.8 Å². The van der Waals surface area contributed by atoms with E-state index >= 15 is 0 Å². The van der Waals surface area contributed by atoms with Gasteiger partial charge in [0.25, 0.3) is 5.91 Å². The summed E-state index contributed by atoms with van der Waals surface area (Å²) < 4.78 is 11.7. The molecule has 32 heavy (non-hydrogen) atoms. The maximum absolute atomic E-state index is 12.4. The van der Waals surface area contributed by atoms with Crippen LogP contribution in [0.4, 0.5) is 11.4 Å². The van der Waals surface area contributed by atoms with Crippen molar-refractivity contribution < 1.29 is 18.7 Å². The molecule has 0 aliphatic heterocycles. The van der Waals surface area contributed by atoms with Gasteiger partial charge in [-0.1, -0.05) is 12.1 Å². The Kier molecular flexibility index (Phi) is 6.03. The first-order valence-electron chi connectivity index (χ1n) is 9.97. The van der Waals surface area contributed by atoms with Crippen molar-refractivity contribution >= 4 is 34.3 Å². The van der Waals surface area contributed by atoms with Gasteiger partial charge in [0.15, 0.2) is 5.58 Å². The van der Waals surface area contributed by atoms with Crippen LogP contribution in [0.1, 0.15) is 16.8 Å².